The number of nitrogens with one attached hydrogen (secondary N) is 3. The summed E-state index contributed by atoms with van der Waals surface area (Å²) >= 11 is 5.21. The van der Waals surface area contributed by atoms with E-state index in [1.54, 1.807) is 0 Å². The lowest BCUT2D eigenvalue weighted by Crippen LogP contribution is -2.40. The van der Waals surface area contributed by atoms with Gasteiger partial charge in [-0.05, 0) is 19.3 Å². The van der Waals surface area contributed by atoms with Gasteiger partial charge in [-0.15, -0.1) is 11.6 Å². The van der Waals surface area contributed by atoms with E-state index >= 15 is 0 Å². The summed E-state index contributed by atoms with van der Waals surface area (Å²) in [5, 5.41) is 7.35. The fraction of sp³-hybridized carbons (Fsp3) is 0.700. The number of imide groups is 1. The lowest BCUT2D eigenvalue weighted by molar-refractivity contribution is -0.121. The van der Waals surface area contributed by atoms with E-state index < -0.39 is 11.9 Å². The molecule has 0 bridgehead atoms. The second-order valence-electron chi connectivity index (χ2n) is 3.88. The highest BCUT2D eigenvalue weighted by atomic mass is 35.5. The molecule has 3 N–H and O–H groups in total. The van der Waals surface area contributed by atoms with Crippen LogP contribution in [0, 0.1) is 0 Å². The first-order valence-electron chi connectivity index (χ1n) is 5.55. The third-order valence-corrected chi connectivity index (χ3v) is 2.43. The van der Waals surface area contributed by atoms with Crippen molar-refractivity contribution >= 4 is 29.4 Å². The maximum Gasteiger partial charge on any atom is 0.321 e. The Kier molecular flexibility index (Phi) is 5.76. The normalized spacial score (nSPS) is 13.9. The smallest absolute Gasteiger partial charge is 0.321 e. The van der Waals surface area contributed by atoms with Crippen LogP contribution < -0.4 is 16.0 Å². The Bertz CT molecular complexity index is 305. The number of carbonyl (C=O) groups is 3. The molecule has 17 heavy (non-hydrogen) atoms. The number of amides is 4. The van der Waals surface area contributed by atoms with Crippen molar-refractivity contribution in [2.75, 3.05) is 12.4 Å². The molecule has 0 saturated heterocycles. The summed E-state index contributed by atoms with van der Waals surface area (Å²) in [6, 6.07) is -0.224. The van der Waals surface area contributed by atoms with Crippen LogP contribution in [0.3, 0.4) is 0 Å². The Balaban J connectivity index is 1.97. The summed E-state index contributed by atoms with van der Waals surface area (Å²) in [5.74, 6) is -0.792. The number of hydrogen-bond donors (Lipinski definition) is 3. The van der Waals surface area contributed by atoms with E-state index in [-0.39, 0.29) is 11.8 Å². The van der Waals surface area contributed by atoms with Crippen LogP contribution in [0.25, 0.3) is 0 Å². The predicted molar refractivity (Wildman–Crippen MR) is 62.7 cm³/mol. The molecule has 0 aromatic heterocycles. The van der Waals surface area contributed by atoms with Crippen LogP contribution >= 0.6 is 11.6 Å². The summed E-state index contributed by atoms with van der Waals surface area (Å²) in [6.07, 6.45) is 3.04. The molecule has 1 aliphatic carbocycles. The highest BCUT2D eigenvalue weighted by Gasteiger charge is 2.22. The Labute approximate surface area is 104 Å². The molecule has 1 fully saturated rings. The van der Waals surface area contributed by atoms with Crippen LogP contribution in [-0.4, -0.2) is 36.3 Å². The van der Waals surface area contributed by atoms with Gasteiger partial charge in [0.25, 0.3) is 0 Å². The van der Waals surface area contributed by atoms with Gasteiger partial charge in [0.05, 0.1) is 0 Å². The van der Waals surface area contributed by atoms with Crippen molar-refractivity contribution in [1.29, 1.82) is 0 Å². The molecule has 1 rings (SSSR count). The Morgan fingerprint density at radius 2 is 1.88 bits per heavy atom. The lowest BCUT2D eigenvalue weighted by atomic mass is 10.3. The second kappa shape index (κ2) is 7.11. The zero-order chi connectivity index (χ0) is 12.7. The Morgan fingerprint density at radius 3 is 2.47 bits per heavy atom. The topological polar surface area (TPSA) is 87.3 Å². The van der Waals surface area contributed by atoms with Crippen molar-refractivity contribution in [2.24, 2.45) is 0 Å². The van der Waals surface area contributed by atoms with E-state index in [0.29, 0.717) is 25.4 Å². The first-order chi connectivity index (χ1) is 8.11. The van der Waals surface area contributed by atoms with Gasteiger partial charge in [0.1, 0.15) is 5.88 Å². The molecule has 0 atom stereocenters. The van der Waals surface area contributed by atoms with Crippen LogP contribution in [0.5, 0.6) is 0 Å². The number of alkyl halides is 1. The first-order valence-corrected chi connectivity index (χ1v) is 6.08. The molecular formula is C10H16ClN3O3. The molecule has 6 nitrogen and oxygen atoms in total. The molecule has 0 radical (unpaired) electrons. The summed E-state index contributed by atoms with van der Waals surface area (Å²) in [4.78, 5) is 33.0. The molecule has 0 unspecified atom stereocenters. The summed E-state index contributed by atoms with van der Waals surface area (Å²) in [7, 11) is 0. The molecule has 7 heteroatoms. The average Bonchev–Trinajstić information content (AvgIpc) is 3.08. The molecular weight excluding hydrogens is 246 g/mol. The quantitative estimate of drug-likeness (QED) is 0.468. The van der Waals surface area contributed by atoms with Crippen LogP contribution in [0.1, 0.15) is 25.7 Å². The molecule has 0 aliphatic heterocycles. The summed E-state index contributed by atoms with van der Waals surface area (Å²) in [6.45, 7) is 0.347. The minimum atomic E-state index is -0.585. The third kappa shape index (κ3) is 6.78. The number of hydrogen-bond acceptors (Lipinski definition) is 3. The monoisotopic (exact) mass is 261 g/mol. The molecule has 4 amide bonds. The number of rotatable bonds is 6. The summed E-state index contributed by atoms with van der Waals surface area (Å²) < 4.78 is 0. The van der Waals surface area contributed by atoms with Crippen molar-refractivity contribution in [3.63, 3.8) is 0 Å². The van der Waals surface area contributed by atoms with Crippen molar-refractivity contribution < 1.29 is 14.4 Å². The van der Waals surface area contributed by atoms with Gasteiger partial charge in [-0.3, -0.25) is 14.9 Å². The van der Waals surface area contributed by atoms with Gasteiger partial charge in [0.15, 0.2) is 0 Å². The molecule has 0 aromatic rings. The van der Waals surface area contributed by atoms with Gasteiger partial charge < -0.3 is 10.6 Å². The van der Waals surface area contributed by atoms with Gasteiger partial charge in [-0.2, -0.15) is 0 Å². The molecule has 1 aliphatic rings. The number of halogens is 1. The number of carbonyl (C=O) groups excluding carboxylic acids is 3. The Morgan fingerprint density at radius 1 is 1.18 bits per heavy atom. The number of urea groups is 1. The standard InChI is InChI=1S/C10H16ClN3O3/c11-6-9(16)14-10(17)12-5-1-2-8(15)13-7-3-4-7/h7H,1-6H2,(H,13,15)(H2,12,14,16,17). The zero-order valence-corrected chi connectivity index (χ0v) is 10.2. The van der Waals surface area contributed by atoms with Gasteiger partial charge >= 0.3 is 6.03 Å². The van der Waals surface area contributed by atoms with E-state index in [0.717, 1.165) is 12.8 Å². The molecule has 0 heterocycles. The van der Waals surface area contributed by atoms with Crippen molar-refractivity contribution in [1.82, 2.24) is 16.0 Å². The van der Waals surface area contributed by atoms with Crippen LogP contribution in [0.4, 0.5) is 4.79 Å². The minimum absolute atomic E-state index is 0.00606. The first kappa shape index (κ1) is 13.8. The second-order valence-corrected chi connectivity index (χ2v) is 4.15. The van der Waals surface area contributed by atoms with E-state index in [9.17, 15) is 14.4 Å². The van der Waals surface area contributed by atoms with Gasteiger partial charge in [0, 0.05) is 19.0 Å². The molecule has 0 aromatic carbocycles. The van der Waals surface area contributed by atoms with Crippen LogP contribution in [0.2, 0.25) is 0 Å². The largest absolute Gasteiger partial charge is 0.353 e. The van der Waals surface area contributed by atoms with E-state index in [1.807, 2.05) is 5.32 Å². The zero-order valence-electron chi connectivity index (χ0n) is 9.42. The van der Waals surface area contributed by atoms with Crippen molar-refractivity contribution in [3.8, 4) is 0 Å². The van der Waals surface area contributed by atoms with Gasteiger partial charge in [0.2, 0.25) is 11.8 Å². The molecule has 1 saturated carbocycles. The third-order valence-electron chi connectivity index (χ3n) is 2.18. The minimum Gasteiger partial charge on any atom is -0.353 e. The fourth-order valence-electron chi connectivity index (χ4n) is 1.18. The van der Waals surface area contributed by atoms with Crippen LogP contribution in [0.15, 0.2) is 0 Å². The van der Waals surface area contributed by atoms with Gasteiger partial charge in [-0.25, -0.2) is 4.79 Å². The molecule has 0 spiro atoms. The van der Waals surface area contributed by atoms with Crippen molar-refractivity contribution in [3.05, 3.63) is 0 Å². The van der Waals surface area contributed by atoms with Gasteiger partial charge in [-0.1, -0.05) is 0 Å². The van der Waals surface area contributed by atoms with Crippen LogP contribution in [-0.2, 0) is 9.59 Å². The predicted octanol–water partition coefficient (Wildman–Crippen LogP) is 0.110. The summed E-state index contributed by atoms with van der Waals surface area (Å²) in [5.41, 5.74) is 0. The SMILES string of the molecule is O=C(CCl)NC(=O)NCCCC(=O)NC1CC1. The maximum absolute atomic E-state index is 11.3. The Hall–Kier alpha value is -1.30. The molecule has 96 valence electrons. The average molecular weight is 262 g/mol. The fourth-order valence-corrected chi connectivity index (χ4v) is 1.25. The van der Waals surface area contributed by atoms with E-state index in [1.165, 1.54) is 0 Å². The highest BCUT2D eigenvalue weighted by Crippen LogP contribution is 2.18. The maximum atomic E-state index is 11.3. The highest BCUT2D eigenvalue weighted by molar-refractivity contribution is 6.28. The van der Waals surface area contributed by atoms with E-state index in [4.69, 9.17) is 11.6 Å². The lowest BCUT2D eigenvalue weighted by Gasteiger charge is -2.05. The van der Waals surface area contributed by atoms with E-state index in [2.05, 4.69) is 10.6 Å². The van der Waals surface area contributed by atoms with Crippen molar-refractivity contribution in [2.45, 2.75) is 31.7 Å².